The van der Waals surface area contributed by atoms with Gasteiger partial charge < -0.3 is 58.1 Å². The van der Waals surface area contributed by atoms with Crippen molar-refractivity contribution in [3.05, 3.63) is 29.8 Å². The van der Waals surface area contributed by atoms with E-state index in [0.717, 1.165) is 0 Å². The second kappa shape index (κ2) is 20.3. The van der Waals surface area contributed by atoms with E-state index in [4.69, 9.17) is 11.5 Å². The Kier molecular flexibility index (Phi) is 16.9. The van der Waals surface area contributed by atoms with Gasteiger partial charge in [0.05, 0.1) is 13.2 Å². The quantitative estimate of drug-likeness (QED) is 0.0631. The lowest BCUT2D eigenvalue weighted by atomic mass is 10.0. The van der Waals surface area contributed by atoms with Crippen molar-refractivity contribution in [3.63, 3.8) is 0 Å². The molecule has 1 aliphatic rings. The lowest BCUT2D eigenvalue weighted by Crippen LogP contribution is -2.60. The van der Waals surface area contributed by atoms with Crippen LogP contribution < -0.4 is 32.7 Å². The summed E-state index contributed by atoms with van der Waals surface area (Å²) in [5.74, 6) is -5.07. The molecule has 17 nitrogen and oxygen atoms in total. The molecule has 0 radical (unpaired) electrons. The van der Waals surface area contributed by atoms with Crippen molar-refractivity contribution in [2.75, 3.05) is 26.3 Å². The fourth-order valence-corrected chi connectivity index (χ4v) is 5.39. The molecule has 0 unspecified atom stereocenters. The first-order valence-corrected chi connectivity index (χ1v) is 16.4. The number of aliphatic carboxylic acids is 1. The minimum atomic E-state index is -1.49. The van der Waals surface area contributed by atoms with Gasteiger partial charge in [-0.1, -0.05) is 26.0 Å². The Morgan fingerprint density at radius 1 is 0.857 bits per heavy atom. The molecule has 49 heavy (non-hydrogen) atoms. The number of carbonyl (C=O) groups excluding carboxylic acids is 5. The molecule has 1 saturated heterocycles. The second-order valence-electron chi connectivity index (χ2n) is 12.5. The van der Waals surface area contributed by atoms with Crippen molar-refractivity contribution in [1.82, 2.24) is 26.2 Å². The number of carboxylic acid groups (broad SMARTS) is 1. The van der Waals surface area contributed by atoms with Crippen molar-refractivity contribution < 1.29 is 49.2 Å². The van der Waals surface area contributed by atoms with Crippen LogP contribution in [0.3, 0.4) is 0 Å². The highest BCUT2D eigenvalue weighted by molar-refractivity contribution is 5.96. The van der Waals surface area contributed by atoms with Crippen molar-refractivity contribution >= 4 is 35.5 Å². The number of carboxylic acids is 1. The number of phenolic OH excluding ortho intramolecular Hbond substituents is 1. The van der Waals surface area contributed by atoms with E-state index in [2.05, 4.69) is 21.3 Å². The normalized spacial score (nSPS) is 17.4. The zero-order valence-electron chi connectivity index (χ0n) is 28.0. The first kappa shape index (κ1) is 40.9. The third-order valence-corrected chi connectivity index (χ3v) is 8.08. The Balaban J connectivity index is 2.23. The van der Waals surface area contributed by atoms with Crippen LogP contribution >= 0.6 is 0 Å². The van der Waals surface area contributed by atoms with Crippen LogP contribution in [-0.4, -0.2) is 123 Å². The summed E-state index contributed by atoms with van der Waals surface area (Å²) in [5, 5.41) is 48.6. The van der Waals surface area contributed by atoms with E-state index in [1.54, 1.807) is 0 Å². The molecule has 17 heteroatoms. The molecule has 12 N–H and O–H groups in total. The highest BCUT2D eigenvalue weighted by Gasteiger charge is 2.39. The molecule has 1 aromatic rings. The van der Waals surface area contributed by atoms with Crippen molar-refractivity contribution in [1.29, 1.82) is 0 Å². The molecule has 2 rings (SSSR count). The smallest absolute Gasteiger partial charge is 0.326 e. The van der Waals surface area contributed by atoms with E-state index in [0.29, 0.717) is 31.4 Å². The highest BCUT2D eigenvalue weighted by atomic mass is 16.4. The largest absolute Gasteiger partial charge is 0.508 e. The first-order chi connectivity index (χ1) is 23.2. The number of aromatic hydroxyl groups is 1. The van der Waals surface area contributed by atoms with Gasteiger partial charge in [-0.05, 0) is 68.7 Å². The van der Waals surface area contributed by atoms with Crippen LogP contribution in [-0.2, 0) is 35.2 Å². The molecule has 5 amide bonds. The average molecular weight is 694 g/mol. The number of hydrogen-bond donors (Lipinski definition) is 10. The van der Waals surface area contributed by atoms with Crippen LogP contribution in [0, 0.1) is 5.92 Å². The van der Waals surface area contributed by atoms with E-state index in [9.17, 15) is 49.2 Å². The SMILES string of the molecule is CC(C)C[C@H](NC(=O)[C@@H]1CCCN1C(=O)[C@H](CO)NC(=O)[C@H](CCCCN)NC(=O)[C@H](Cc1ccc(O)cc1)NC(=O)[C@@H](N)CO)C(=O)O. The van der Waals surface area contributed by atoms with E-state index in [-0.39, 0.29) is 43.9 Å². The predicted molar refractivity (Wildman–Crippen MR) is 176 cm³/mol. The van der Waals surface area contributed by atoms with Crippen LogP contribution in [0.25, 0.3) is 0 Å². The molecular weight excluding hydrogens is 642 g/mol. The number of aliphatic hydroxyl groups is 2. The van der Waals surface area contributed by atoms with Crippen LogP contribution in [0.1, 0.15) is 57.9 Å². The van der Waals surface area contributed by atoms with E-state index in [1.807, 2.05) is 13.8 Å². The number of nitrogens with zero attached hydrogens (tertiary/aromatic N) is 1. The maximum atomic E-state index is 13.5. The molecule has 274 valence electrons. The number of nitrogens with one attached hydrogen (secondary N) is 4. The molecule has 0 saturated carbocycles. The number of hydrogen-bond acceptors (Lipinski definition) is 11. The predicted octanol–water partition coefficient (Wildman–Crippen LogP) is -2.56. The molecule has 1 fully saturated rings. The topological polar surface area (TPSA) is 287 Å². The summed E-state index contributed by atoms with van der Waals surface area (Å²) in [7, 11) is 0. The van der Waals surface area contributed by atoms with Crippen LogP contribution in [0.4, 0.5) is 0 Å². The Labute approximate surface area is 285 Å². The van der Waals surface area contributed by atoms with E-state index >= 15 is 0 Å². The minimum Gasteiger partial charge on any atom is -0.508 e. The van der Waals surface area contributed by atoms with Crippen molar-refractivity contribution in [3.8, 4) is 5.75 Å². The second-order valence-corrected chi connectivity index (χ2v) is 12.5. The number of amides is 5. The summed E-state index contributed by atoms with van der Waals surface area (Å²) in [6, 6.07) is -1.62. The molecule has 0 spiro atoms. The third kappa shape index (κ3) is 12.9. The molecule has 0 aliphatic carbocycles. The summed E-state index contributed by atoms with van der Waals surface area (Å²) < 4.78 is 0. The summed E-state index contributed by atoms with van der Waals surface area (Å²) in [6.07, 6.45) is 1.78. The molecule has 1 aromatic carbocycles. The zero-order chi connectivity index (χ0) is 36.7. The number of likely N-dealkylation sites (tertiary alicyclic amines) is 1. The van der Waals surface area contributed by atoms with Gasteiger partial charge in [-0.15, -0.1) is 0 Å². The molecular formula is C32H51N7O10. The number of phenols is 1. The number of benzene rings is 1. The van der Waals surface area contributed by atoms with Gasteiger partial charge in [0.15, 0.2) is 0 Å². The Hall–Kier alpha value is -4.32. The maximum Gasteiger partial charge on any atom is 0.326 e. The average Bonchev–Trinajstić information content (AvgIpc) is 3.56. The standard InChI is InChI=1S/C32H51N7O10/c1-18(2)14-24(32(48)49)37-30(46)26-7-5-13-39(26)31(47)25(17-41)38-28(44)22(6-3-4-12-33)35-29(45)23(36-27(43)21(34)16-40)15-19-8-10-20(42)11-9-19/h8-11,18,21-26,40-42H,3-7,12-17,33-34H2,1-2H3,(H,35,45)(H,36,43)(H,37,46)(H,38,44)(H,48,49)/t21-,22-,23-,24-,25-,26-/m0/s1. The van der Waals surface area contributed by atoms with Crippen LogP contribution in [0.5, 0.6) is 5.75 Å². The fraction of sp³-hybridized carbons (Fsp3) is 0.625. The van der Waals surface area contributed by atoms with Gasteiger partial charge in [-0.25, -0.2) is 4.79 Å². The molecule has 0 aromatic heterocycles. The summed E-state index contributed by atoms with van der Waals surface area (Å²) >= 11 is 0. The number of nitrogens with two attached hydrogens (primary N) is 2. The maximum absolute atomic E-state index is 13.5. The molecule has 6 atom stereocenters. The minimum absolute atomic E-state index is 0.0165. The summed E-state index contributed by atoms with van der Waals surface area (Å²) in [4.78, 5) is 79.1. The molecule has 1 aliphatic heterocycles. The van der Waals surface area contributed by atoms with Gasteiger partial charge in [-0.2, -0.15) is 0 Å². The lowest BCUT2D eigenvalue weighted by molar-refractivity contribution is -0.145. The number of unbranched alkanes of at least 4 members (excludes halogenated alkanes) is 1. The van der Waals surface area contributed by atoms with Crippen molar-refractivity contribution in [2.24, 2.45) is 17.4 Å². The number of aliphatic hydroxyl groups excluding tert-OH is 2. The third-order valence-electron chi connectivity index (χ3n) is 8.08. The van der Waals surface area contributed by atoms with Crippen LogP contribution in [0.2, 0.25) is 0 Å². The number of rotatable bonds is 20. The van der Waals surface area contributed by atoms with Gasteiger partial charge in [0, 0.05) is 13.0 Å². The Bertz CT molecular complexity index is 1280. The van der Waals surface area contributed by atoms with E-state index in [1.165, 1.54) is 29.2 Å². The lowest BCUT2D eigenvalue weighted by Gasteiger charge is -2.30. The van der Waals surface area contributed by atoms with Gasteiger partial charge in [0.25, 0.3) is 0 Å². The monoisotopic (exact) mass is 693 g/mol. The summed E-state index contributed by atoms with van der Waals surface area (Å²) in [6.45, 7) is 2.55. The van der Waals surface area contributed by atoms with Crippen molar-refractivity contribution in [2.45, 2.75) is 95.0 Å². The molecule has 1 heterocycles. The molecule has 0 bridgehead atoms. The van der Waals surface area contributed by atoms with Gasteiger partial charge in [0.1, 0.15) is 42.0 Å². The van der Waals surface area contributed by atoms with Gasteiger partial charge >= 0.3 is 5.97 Å². The van der Waals surface area contributed by atoms with Gasteiger partial charge in [0.2, 0.25) is 29.5 Å². The Morgan fingerprint density at radius 2 is 1.47 bits per heavy atom. The number of carbonyl (C=O) groups is 6. The zero-order valence-corrected chi connectivity index (χ0v) is 28.0. The first-order valence-electron chi connectivity index (χ1n) is 16.4. The Morgan fingerprint density at radius 3 is 2.04 bits per heavy atom. The van der Waals surface area contributed by atoms with E-state index < -0.39 is 85.0 Å². The highest BCUT2D eigenvalue weighted by Crippen LogP contribution is 2.20. The fourth-order valence-electron chi connectivity index (χ4n) is 5.39. The van der Waals surface area contributed by atoms with Crippen LogP contribution in [0.15, 0.2) is 24.3 Å². The summed E-state index contributed by atoms with van der Waals surface area (Å²) in [5.41, 5.74) is 11.8. The van der Waals surface area contributed by atoms with Gasteiger partial charge in [-0.3, -0.25) is 24.0 Å².